The quantitative estimate of drug-likeness (QED) is 0.352. The second-order valence-electron chi connectivity index (χ2n) is 12.1. The Labute approximate surface area is 223 Å². The molecule has 8 nitrogen and oxygen atoms in total. The molecule has 2 aliphatic heterocycles. The van der Waals surface area contributed by atoms with E-state index in [4.69, 9.17) is 31.8 Å². The molecule has 0 aliphatic carbocycles. The lowest BCUT2D eigenvalue weighted by atomic mass is 9.94. The van der Waals surface area contributed by atoms with Crippen molar-refractivity contribution in [2.75, 3.05) is 13.2 Å². The Morgan fingerprint density at radius 2 is 1.86 bits per heavy atom. The third kappa shape index (κ3) is 6.85. The fraction of sp³-hybridized carbons (Fsp3) is 0.630. The van der Waals surface area contributed by atoms with Gasteiger partial charge in [-0.05, 0) is 46.6 Å². The van der Waals surface area contributed by atoms with Crippen LogP contribution in [-0.4, -0.2) is 61.5 Å². The maximum absolute atomic E-state index is 13.1. The van der Waals surface area contributed by atoms with Gasteiger partial charge in [-0.1, -0.05) is 49.4 Å². The van der Waals surface area contributed by atoms with Gasteiger partial charge in [-0.2, -0.15) is 0 Å². The highest BCUT2D eigenvalue weighted by atomic mass is 28.3. The largest absolute Gasteiger partial charge is 0.444 e. The summed E-state index contributed by atoms with van der Waals surface area (Å²) < 4.78 is 25.9. The van der Waals surface area contributed by atoms with Gasteiger partial charge < -0.3 is 23.5 Å². The van der Waals surface area contributed by atoms with E-state index in [0.717, 1.165) is 41.7 Å². The average Bonchev–Trinajstić information content (AvgIpc) is 3.38. The summed E-state index contributed by atoms with van der Waals surface area (Å²) in [6, 6.07) is 8.42. The van der Waals surface area contributed by atoms with E-state index in [2.05, 4.69) is 19.6 Å². The van der Waals surface area contributed by atoms with E-state index < -0.39 is 20.0 Å². The van der Waals surface area contributed by atoms with Crippen molar-refractivity contribution in [3.05, 3.63) is 35.8 Å². The first kappa shape index (κ1) is 27.9. The van der Waals surface area contributed by atoms with Crippen molar-refractivity contribution < 1.29 is 23.7 Å². The van der Waals surface area contributed by atoms with Crippen LogP contribution in [0.4, 0.5) is 4.79 Å². The predicted molar refractivity (Wildman–Crippen MR) is 146 cm³/mol. The zero-order valence-electron chi connectivity index (χ0n) is 23.2. The molecule has 1 aromatic heterocycles. The van der Waals surface area contributed by atoms with Crippen LogP contribution >= 0.6 is 0 Å². The van der Waals surface area contributed by atoms with Gasteiger partial charge in [0.25, 0.3) is 0 Å². The number of carbonyl (C=O) groups is 1. The SMILES string of the molecule is [B]c1ccc(-c2nc(C3CCCN3C(=O)OC(C)(C)C)n(COCC[Si](C)(C)C)c2C2OC(C)O2)cc1. The first-order chi connectivity index (χ1) is 17.3. The summed E-state index contributed by atoms with van der Waals surface area (Å²) in [6.07, 6.45) is 0.459. The molecule has 3 heterocycles. The van der Waals surface area contributed by atoms with Crippen LogP contribution in [0, 0.1) is 0 Å². The first-order valence-electron chi connectivity index (χ1n) is 13.2. The van der Waals surface area contributed by atoms with E-state index in [1.54, 1.807) is 4.90 Å². The van der Waals surface area contributed by atoms with Gasteiger partial charge in [0, 0.05) is 26.8 Å². The lowest BCUT2D eigenvalue weighted by Gasteiger charge is -2.35. The summed E-state index contributed by atoms with van der Waals surface area (Å²) in [5, 5.41) is 0. The van der Waals surface area contributed by atoms with Gasteiger partial charge in [0.05, 0.1) is 11.7 Å². The monoisotopic (exact) mass is 525 g/mol. The van der Waals surface area contributed by atoms with Crippen molar-refractivity contribution in [1.29, 1.82) is 0 Å². The zero-order valence-corrected chi connectivity index (χ0v) is 24.2. The number of aromatic nitrogens is 2. The van der Waals surface area contributed by atoms with E-state index in [1.807, 2.05) is 56.5 Å². The molecule has 2 saturated heterocycles. The van der Waals surface area contributed by atoms with Gasteiger partial charge >= 0.3 is 6.09 Å². The van der Waals surface area contributed by atoms with Crippen molar-refractivity contribution >= 4 is 27.5 Å². The molecule has 4 rings (SSSR count). The molecule has 0 spiro atoms. The van der Waals surface area contributed by atoms with Crippen LogP contribution in [0.3, 0.4) is 0 Å². The normalized spacial score (nSPS) is 22.2. The zero-order chi connectivity index (χ0) is 27.0. The average molecular weight is 526 g/mol. The standard InChI is InChI=1S/C27H40BN3O5Si/c1-18-34-25(35-18)23-22(19-10-12-20(28)13-11-19)29-24(31(23)17-33-15-16-37(5,6)7)21-9-8-14-30(21)26(32)36-27(2,3)4/h10-13,18,21,25H,8-9,14-17H2,1-7H3. The fourth-order valence-corrected chi connectivity index (χ4v) is 5.32. The van der Waals surface area contributed by atoms with Crippen molar-refractivity contribution in [3.8, 4) is 11.3 Å². The molecule has 2 radical (unpaired) electrons. The van der Waals surface area contributed by atoms with Crippen LogP contribution in [-0.2, 0) is 25.7 Å². The van der Waals surface area contributed by atoms with Crippen LogP contribution in [0.5, 0.6) is 0 Å². The van der Waals surface area contributed by atoms with Gasteiger partial charge in [-0.25, -0.2) is 9.78 Å². The van der Waals surface area contributed by atoms with E-state index in [9.17, 15) is 4.79 Å². The molecular weight excluding hydrogens is 485 g/mol. The summed E-state index contributed by atoms with van der Waals surface area (Å²) in [6.45, 7) is 16.1. The van der Waals surface area contributed by atoms with Crippen molar-refractivity contribution in [2.24, 2.45) is 0 Å². The molecule has 1 aromatic carbocycles. The Hall–Kier alpha value is -2.14. The third-order valence-electron chi connectivity index (χ3n) is 6.47. The van der Waals surface area contributed by atoms with Gasteiger partial charge in [-0.3, -0.25) is 4.90 Å². The molecule has 10 heteroatoms. The number of benzene rings is 1. The van der Waals surface area contributed by atoms with Gasteiger partial charge in [0.1, 0.15) is 31.7 Å². The summed E-state index contributed by atoms with van der Waals surface area (Å²) in [5.74, 6) is 0.755. The summed E-state index contributed by atoms with van der Waals surface area (Å²) in [7, 11) is 4.70. The molecule has 1 atom stereocenters. The molecule has 0 N–H and O–H groups in total. The molecule has 0 bridgehead atoms. The molecule has 1 amide bonds. The minimum Gasteiger partial charge on any atom is -0.444 e. The minimum atomic E-state index is -1.26. The van der Waals surface area contributed by atoms with Gasteiger partial charge in [0.2, 0.25) is 6.29 Å². The number of carbonyl (C=O) groups excluding carboxylic acids is 1. The smallest absolute Gasteiger partial charge is 0.410 e. The van der Waals surface area contributed by atoms with Crippen molar-refractivity contribution in [2.45, 2.75) is 97.2 Å². The lowest BCUT2D eigenvalue weighted by Crippen LogP contribution is -2.38. The number of amides is 1. The maximum Gasteiger partial charge on any atom is 0.410 e. The molecule has 2 aliphatic rings. The highest BCUT2D eigenvalue weighted by Gasteiger charge is 2.41. The Bertz CT molecular complexity index is 1090. The number of ether oxygens (including phenoxy) is 4. The topological polar surface area (TPSA) is 75.1 Å². The van der Waals surface area contributed by atoms with Crippen molar-refractivity contribution in [1.82, 2.24) is 14.5 Å². The summed E-state index contributed by atoms with van der Waals surface area (Å²) in [5.41, 5.74) is 2.54. The van der Waals surface area contributed by atoms with E-state index in [-0.39, 0.29) is 18.4 Å². The predicted octanol–water partition coefficient (Wildman–Crippen LogP) is 5.12. The highest BCUT2D eigenvalue weighted by Crippen LogP contribution is 2.42. The number of hydrogen-bond acceptors (Lipinski definition) is 6. The number of rotatable bonds is 8. The molecule has 2 aromatic rings. The molecule has 0 saturated carbocycles. The number of hydrogen-bond donors (Lipinski definition) is 0. The highest BCUT2D eigenvalue weighted by molar-refractivity contribution is 6.76. The Kier molecular flexibility index (Phi) is 8.23. The van der Waals surface area contributed by atoms with Crippen LogP contribution in [0.1, 0.15) is 64.4 Å². The van der Waals surface area contributed by atoms with E-state index in [0.29, 0.717) is 25.3 Å². The molecular formula is C27H40BN3O5Si. The molecule has 200 valence electrons. The lowest BCUT2D eigenvalue weighted by molar-refractivity contribution is -0.384. The van der Waals surface area contributed by atoms with Crippen LogP contribution in [0.25, 0.3) is 11.3 Å². The van der Waals surface area contributed by atoms with Gasteiger partial charge in [-0.15, -0.1) is 0 Å². The third-order valence-corrected chi connectivity index (χ3v) is 8.17. The fourth-order valence-electron chi connectivity index (χ4n) is 4.56. The molecule has 37 heavy (non-hydrogen) atoms. The minimum absolute atomic E-state index is 0.241. The number of nitrogens with zero attached hydrogens (tertiary/aromatic N) is 3. The van der Waals surface area contributed by atoms with E-state index in [1.165, 1.54) is 0 Å². The second-order valence-corrected chi connectivity index (χ2v) is 17.7. The van der Waals surface area contributed by atoms with Crippen LogP contribution in [0.15, 0.2) is 24.3 Å². The Balaban J connectivity index is 1.74. The summed E-state index contributed by atoms with van der Waals surface area (Å²) in [4.78, 5) is 20.1. The van der Waals surface area contributed by atoms with Crippen LogP contribution in [0.2, 0.25) is 25.7 Å². The Morgan fingerprint density at radius 1 is 1.19 bits per heavy atom. The number of imidazole rings is 1. The van der Waals surface area contributed by atoms with E-state index >= 15 is 0 Å². The van der Waals surface area contributed by atoms with Crippen LogP contribution < -0.4 is 5.46 Å². The molecule has 2 fully saturated rings. The molecule has 1 unspecified atom stereocenters. The van der Waals surface area contributed by atoms with Crippen molar-refractivity contribution in [3.63, 3.8) is 0 Å². The second kappa shape index (κ2) is 10.9. The Morgan fingerprint density at radius 3 is 2.46 bits per heavy atom. The maximum atomic E-state index is 13.1. The van der Waals surface area contributed by atoms with Gasteiger partial charge in [0.15, 0.2) is 6.29 Å². The first-order valence-corrected chi connectivity index (χ1v) is 16.9. The summed E-state index contributed by atoms with van der Waals surface area (Å²) >= 11 is 0. The number of likely N-dealkylation sites (tertiary alicyclic amines) is 1.